The summed E-state index contributed by atoms with van der Waals surface area (Å²) in [6.07, 6.45) is 6.40. The van der Waals surface area contributed by atoms with Gasteiger partial charge in [-0.2, -0.15) is 0 Å². The number of piperidine rings is 2. The molecule has 0 saturated carbocycles. The number of thiophene rings is 1. The molecule has 0 radical (unpaired) electrons. The number of ether oxygens (including phenoxy) is 1. The van der Waals surface area contributed by atoms with Crippen LogP contribution in [-0.2, 0) is 4.74 Å². The number of carbonyl (C=O) groups excluding carboxylic acids is 1. The summed E-state index contributed by atoms with van der Waals surface area (Å²) in [5.41, 5.74) is 0. The minimum Gasteiger partial charge on any atom is -0.461 e. The maximum atomic E-state index is 11.9. The third kappa shape index (κ3) is 3.00. The van der Waals surface area contributed by atoms with E-state index in [1.54, 1.807) is 0 Å². The van der Waals surface area contributed by atoms with Crippen LogP contribution < -0.4 is 0 Å². The lowest BCUT2D eigenvalue weighted by Crippen LogP contribution is -2.49. The molecule has 2 saturated heterocycles. The Bertz CT molecular complexity index is 416. The number of fused-ring (bicyclic) bond motifs is 1. The van der Waals surface area contributed by atoms with Gasteiger partial charge in [0.15, 0.2) is 0 Å². The third-order valence-corrected chi connectivity index (χ3v) is 5.23. The van der Waals surface area contributed by atoms with Crippen molar-refractivity contribution >= 4 is 17.3 Å². The van der Waals surface area contributed by atoms with Crippen LogP contribution in [0.2, 0.25) is 0 Å². The normalized spacial score (nSPS) is 27.8. The summed E-state index contributed by atoms with van der Waals surface area (Å²) in [5.74, 6) is 0.390. The van der Waals surface area contributed by atoms with E-state index >= 15 is 0 Å². The maximum Gasteiger partial charge on any atom is 0.348 e. The summed E-state index contributed by atoms with van der Waals surface area (Å²) >= 11 is 1.46. The molecule has 3 heterocycles. The van der Waals surface area contributed by atoms with Gasteiger partial charge in [-0.15, -0.1) is 11.3 Å². The van der Waals surface area contributed by atoms with Crippen molar-refractivity contribution in [1.29, 1.82) is 0 Å². The Morgan fingerprint density at radius 2 is 2.21 bits per heavy atom. The predicted octanol–water partition coefficient (Wildman–Crippen LogP) is 3.17. The van der Waals surface area contributed by atoms with E-state index in [0.717, 1.165) is 4.88 Å². The molecule has 19 heavy (non-hydrogen) atoms. The highest BCUT2D eigenvalue weighted by atomic mass is 32.1. The second kappa shape index (κ2) is 6.06. The quantitative estimate of drug-likeness (QED) is 0.796. The molecule has 2 aliphatic heterocycles. The average Bonchev–Trinajstić information content (AvgIpc) is 2.99. The molecule has 2 unspecified atom stereocenters. The fraction of sp³-hybridized carbons (Fsp3) is 0.667. The highest BCUT2D eigenvalue weighted by Crippen LogP contribution is 2.31. The smallest absolute Gasteiger partial charge is 0.348 e. The van der Waals surface area contributed by atoms with E-state index < -0.39 is 0 Å². The Morgan fingerprint density at radius 1 is 1.32 bits per heavy atom. The largest absolute Gasteiger partial charge is 0.461 e. The van der Waals surface area contributed by atoms with Crippen molar-refractivity contribution in [3.8, 4) is 0 Å². The molecule has 1 aromatic rings. The van der Waals surface area contributed by atoms with Gasteiger partial charge < -0.3 is 4.74 Å². The second-order valence-corrected chi connectivity index (χ2v) is 6.52. The first-order chi connectivity index (χ1) is 9.34. The lowest BCUT2D eigenvalue weighted by atomic mass is 9.84. The van der Waals surface area contributed by atoms with E-state index in [0.29, 0.717) is 18.6 Å². The minimum absolute atomic E-state index is 0.150. The summed E-state index contributed by atoms with van der Waals surface area (Å²) in [6, 6.07) is 4.38. The standard InChI is InChI=1S/C15H21NO2S/c17-15(14-7-4-10-19-14)18-11-12-5-3-9-16-8-2-1-6-13(12)16/h4,7,10,12-13H,1-3,5-6,8-9,11H2. The topological polar surface area (TPSA) is 29.5 Å². The van der Waals surface area contributed by atoms with E-state index in [-0.39, 0.29) is 5.97 Å². The number of carbonyl (C=O) groups is 1. The Labute approximate surface area is 118 Å². The van der Waals surface area contributed by atoms with Gasteiger partial charge in [0.1, 0.15) is 4.88 Å². The fourth-order valence-electron chi connectivity index (χ4n) is 3.42. The zero-order valence-electron chi connectivity index (χ0n) is 11.2. The van der Waals surface area contributed by atoms with Crippen LogP contribution in [0.4, 0.5) is 0 Å². The van der Waals surface area contributed by atoms with Crippen LogP contribution in [-0.4, -0.2) is 36.6 Å². The van der Waals surface area contributed by atoms with E-state index in [1.165, 1.54) is 56.5 Å². The van der Waals surface area contributed by atoms with Crippen molar-refractivity contribution in [2.75, 3.05) is 19.7 Å². The van der Waals surface area contributed by atoms with E-state index in [4.69, 9.17) is 4.74 Å². The molecule has 104 valence electrons. The van der Waals surface area contributed by atoms with Gasteiger partial charge in [0, 0.05) is 12.0 Å². The van der Waals surface area contributed by atoms with Crippen LogP contribution in [0.3, 0.4) is 0 Å². The molecule has 2 fully saturated rings. The Hall–Kier alpha value is -0.870. The Morgan fingerprint density at radius 3 is 3.05 bits per heavy atom. The van der Waals surface area contributed by atoms with Crippen LogP contribution in [0.15, 0.2) is 17.5 Å². The molecule has 3 nitrogen and oxygen atoms in total. The summed E-state index contributed by atoms with van der Waals surface area (Å²) in [4.78, 5) is 15.2. The SMILES string of the molecule is O=C(OCC1CCCN2CCCCC12)c1cccs1. The zero-order chi connectivity index (χ0) is 13.1. The zero-order valence-corrected chi connectivity index (χ0v) is 12.0. The molecule has 2 atom stereocenters. The molecule has 0 bridgehead atoms. The van der Waals surface area contributed by atoms with Crippen LogP contribution in [0.25, 0.3) is 0 Å². The molecule has 4 heteroatoms. The molecular formula is C15H21NO2S. The molecule has 2 aliphatic rings. The summed E-state index contributed by atoms with van der Waals surface area (Å²) < 4.78 is 5.52. The van der Waals surface area contributed by atoms with Gasteiger partial charge >= 0.3 is 5.97 Å². The highest BCUT2D eigenvalue weighted by Gasteiger charge is 2.33. The van der Waals surface area contributed by atoms with Gasteiger partial charge in [-0.1, -0.05) is 12.5 Å². The van der Waals surface area contributed by atoms with E-state index in [1.807, 2.05) is 17.5 Å². The summed E-state index contributed by atoms with van der Waals surface area (Å²) in [7, 11) is 0. The Kier molecular flexibility index (Phi) is 4.18. The van der Waals surface area contributed by atoms with Crippen LogP contribution >= 0.6 is 11.3 Å². The Balaban J connectivity index is 1.55. The second-order valence-electron chi connectivity index (χ2n) is 5.58. The first-order valence-corrected chi connectivity index (χ1v) is 8.17. The van der Waals surface area contributed by atoms with Crippen molar-refractivity contribution in [1.82, 2.24) is 4.90 Å². The van der Waals surface area contributed by atoms with Crippen molar-refractivity contribution in [2.45, 2.75) is 38.1 Å². The van der Waals surface area contributed by atoms with Crippen molar-refractivity contribution in [3.05, 3.63) is 22.4 Å². The number of hydrogen-bond acceptors (Lipinski definition) is 4. The molecule has 0 N–H and O–H groups in total. The lowest BCUT2D eigenvalue weighted by molar-refractivity contribution is 0.00770. The highest BCUT2D eigenvalue weighted by molar-refractivity contribution is 7.11. The maximum absolute atomic E-state index is 11.9. The van der Waals surface area contributed by atoms with Gasteiger partial charge in [-0.3, -0.25) is 4.90 Å². The first-order valence-electron chi connectivity index (χ1n) is 7.29. The lowest BCUT2D eigenvalue weighted by Gasteiger charge is -2.44. The molecule has 1 aromatic heterocycles. The van der Waals surface area contributed by atoms with Crippen molar-refractivity contribution < 1.29 is 9.53 Å². The van der Waals surface area contributed by atoms with E-state index in [2.05, 4.69) is 4.90 Å². The minimum atomic E-state index is -0.150. The monoisotopic (exact) mass is 279 g/mol. The van der Waals surface area contributed by atoms with Crippen molar-refractivity contribution in [3.63, 3.8) is 0 Å². The number of hydrogen-bond donors (Lipinski definition) is 0. The van der Waals surface area contributed by atoms with Gasteiger partial charge in [0.05, 0.1) is 6.61 Å². The van der Waals surface area contributed by atoms with Crippen molar-refractivity contribution in [2.24, 2.45) is 5.92 Å². The average molecular weight is 279 g/mol. The van der Waals surface area contributed by atoms with Crippen LogP contribution in [0.5, 0.6) is 0 Å². The molecule has 3 rings (SSSR count). The van der Waals surface area contributed by atoms with Crippen LogP contribution in [0.1, 0.15) is 41.8 Å². The first kappa shape index (κ1) is 13.1. The number of esters is 1. The van der Waals surface area contributed by atoms with Gasteiger partial charge in [-0.05, 0) is 50.2 Å². The third-order valence-electron chi connectivity index (χ3n) is 4.38. The number of nitrogens with zero attached hydrogens (tertiary/aromatic N) is 1. The predicted molar refractivity (Wildman–Crippen MR) is 76.5 cm³/mol. The molecule has 0 aromatic carbocycles. The van der Waals surface area contributed by atoms with Gasteiger partial charge in [0.2, 0.25) is 0 Å². The van der Waals surface area contributed by atoms with Gasteiger partial charge in [-0.25, -0.2) is 4.79 Å². The molecule has 0 spiro atoms. The molecular weight excluding hydrogens is 258 g/mol. The summed E-state index contributed by atoms with van der Waals surface area (Å²) in [6.45, 7) is 3.07. The van der Waals surface area contributed by atoms with E-state index in [9.17, 15) is 4.79 Å². The van der Waals surface area contributed by atoms with Gasteiger partial charge in [0.25, 0.3) is 0 Å². The van der Waals surface area contributed by atoms with Crippen LogP contribution in [0, 0.1) is 5.92 Å². The summed E-state index contributed by atoms with van der Waals surface area (Å²) in [5, 5.41) is 1.92. The molecule has 0 amide bonds. The fourth-order valence-corrected chi connectivity index (χ4v) is 4.04. The molecule has 0 aliphatic carbocycles. The number of rotatable bonds is 3.